The zero-order valence-corrected chi connectivity index (χ0v) is 13.3. The molecule has 0 bridgehead atoms. The van der Waals surface area contributed by atoms with E-state index >= 15 is 0 Å². The summed E-state index contributed by atoms with van der Waals surface area (Å²) in [5.41, 5.74) is 0. The fraction of sp³-hybridized carbons (Fsp3) is 1.00. The molecule has 0 amide bonds. The second-order valence-electron chi connectivity index (χ2n) is 6.47. The lowest BCUT2D eigenvalue weighted by Gasteiger charge is -2.37. The first kappa shape index (κ1) is 14.7. The monoisotopic (exact) mass is 303 g/mol. The predicted octanol–water partition coefficient (Wildman–Crippen LogP) is -0.120. The van der Waals surface area contributed by atoms with Crippen molar-refractivity contribution in [3.8, 4) is 0 Å². The van der Waals surface area contributed by atoms with Crippen LogP contribution in [0, 0.1) is 11.8 Å². The van der Waals surface area contributed by atoms with Gasteiger partial charge in [0.1, 0.15) is 0 Å². The van der Waals surface area contributed by atoms with Crippen LogP contribution in [-0.2, 0) is 14.9 Å². The Labute approximate surface area is 121 Å². The molecule has 3 fully saturated rings. The SMILES string of the molecule is CC1CN(S(=O)(=O)N2CC3CNCC3C2C)CC(C)O1. The number of nitrogens with one attached hydrogen (secondary N) is 1. The first-order valence-electron chi connectivity index (χ1n) is 7.52. The topological polar surface area (TPSA) is 61.9 Å². The van der Waals surface area contributed by atoms with Crippen LogP contribution < -0.4 is 5.32 Å². The highest BCUT2D eigenvalue weighted by Crippen LogP contribution is 2.35. The minimum atomic E-state index is -3.36. The summed E-state index contributed by atoms with van der Waals surface area (Å²) >= 11 is 0. The number of ether oxygens (including phenoxy) is 1. The molecule has 0 aromatic rings. The van der Waals surface area contributed by atoms with Crippen molar-refractivity contribution >= 4 is 10.2 Å². The van der Waals surface area contributed by atoms with Crippen molar-refractivity contribution in [1.29, 1.82) is 0 Å². The minimum Gasteiger partial charge on any atom is -0.373 e. The molecule has 1 N–H and O–H groups in total. The largest absolute Gasteiger partial charge is 0.373 e. The summed E-state index contributed by atoms with van der Waals surface area (Å²) in [6.07, 6.45) is -0.0693. The van der Waals surface area contributed by atoms with Gasteiger partial charge in [-0.1, -0.05) is 0 Å². The van der Waals surface area contributed by atoms with Gasteiger partial charge in [-0.15, -0.1) is 0 Å². The van der Waals surface area contributed by atoms with Gasteiger partial charge in [0.2, 0.25) is 0 Å². The van der Waals surface area contributed by atoms with Crippen LogP contribution in [0.1, 0.15) is 20.8 Å². The van der Waals surface area contributed by atoms with Gasteiger partial charge in [0, 0.05) is 25.7 Å². The average molecular weight is 303 g/mol. The van der Waals surface area contributed by atoms with Crippen LogP contribution in [0.25, 0.3) is 0 Å². The van der Waals surface area contributed by atoms with Crippen LogP contribution >= 0.6 is 0 Å². The maximum absolute atomic E-state index is 12.9. The fourth-order valence-electron chi connectivity index (χ4n) is 3.90. The molecule has 0 aliphatic carbocycles. The number of hydrogen-bond acceptors (Lipinski definition) is 4. The summed E-state index contributed by atoms with van der Waals surface area (Å²) in [5, 5.41) is 3.37. The Balaban J connectivity index is 1.78. The molecule has 3 aliphatic rings. The van der Waals surface area contributed by atoms with Gasteiger partial charge in [-0.05, 0) is 45.7 Å². The maximum Gasteiger partial charge on any atom is 0.282 e. The highest BCUT2D eigenvalue weighted by molar-refractivity contribution is 7.86. The Hall–Kier alpha value is -0.210. The second-order valence-corrected chi connectivity index (χ2v) is 8.36. The summed E-state index contributed by atoms with van der Waals surface area (Å²) < 4.78 is 34.8. The summed E-state index contributed by atoms with van der Waals surface area (Å²) in [7, 11) is -3.36. The molecule has 3 aliphatic heterocycles. The standard InChI is InChI=1S/C13H25N3O3S/c1-9-6-15(7-10(2)19-9)20(17,18)16-8-12-4-14-5-13(12)11(16)3/h9-14H,4-8H2,1-3H3. The molecule has 116 valence electrons. The third kappa shape index (κ3) is 2.39. The second kappa shape index (κ2) is 5.21. The van der Waals surface area contributed by atoms with Crippen LogP contribution in [-0.4, -0.2) is 68.0 Å². The number of nitrogens with zero attached hydrogens (tertiary/aromatic N) is 2. The smallest absolute Gasteiger partial charge is 0.282 e. The van der Waals surface area contributed by atoms with E-state index in [0.717, 1.165) is 13.1 Å². The maximum atomic E-state index is 12.9. The molecular formula is C13H25N3O3S. The molecule has 6 nitrogen and oxygen atoms in total. The molecule has 3 rings (SSSR count). The van der Waals surface area contributed by atoms with Crippen LogP contribution in [0.3, 0.4) is 0 Å². The normalized spacial score (nSPS) is 43.9. The first-order valence-corrected chi connectivity index (χ1v) is 8.92. The van der Waals surface area contributed by atoms with E-state index in [1.807, 2.05) is 20.8 Å². The van der Waals surface area contributed by atoms with Crippen molar-refractivity contribution in [1.82, 2.24) is 13.9 Å². The quantitative estimate of drug-likeness (QED) is 0.773. The Morgan fingerprint density at radius 2 is 1.70 bits per heavy atom. The Morgan fingerprint density at radius 3 is 2.30 bits per heavy atom. The summed E-state index contributed by atoms with van der Waals surface area (Å²) in [4.78, 5) is 0. The molecule has 0 aromatic carbocycles. The third-order valence-electron chi connectivity index (χ3n) is 4.89. The molecule has 0 radical (unpaired) electrons. The van der Waals surface area contributed by atoms with Crippen molar-refractivity contribution in [2.75, 3.05) is 32.7 Å². The Morgan fingerprint density at radius 1 is 1.05 bits per heavy atom. The molecule has 3 saturated heterocycles. The molecule has 0 saturated carbocycles. The Kier molecular flexibility index (Phi) is 3.83. The van der Waals surface area contributed by atoms with E-state index in [9.17, 15) is 8.42 Å². The number of morpholine rings is 1. The van der Waals surface area contributed by atoms with E-state index in [2.05, 4.69) is 5.32 Å². The number of rotatable bonds is 2. The van der Waals surface area contributed by atoms with Gasteiger partial charge in [-0.2, -0.15) is 17.0 Å². The highest BCUT2D eigenvalue weighted by Gasteiger charge is 2.48. The number of hydrogen-bond donors (Lipinski definition) is 1. The van der Waals surface area contributed by atoms with E-state index in [4.69, 9.17) is 4.74 Å². The van der Waals surface area contributed by atoms with Crippen LogP contribution in [0.5, 0.6) is 0 Å². The lowest BCUT2D eigenvalue weighted by Crippen LogP contribution is -2.54. The van der Waals surface area contributed by atoms with Gasteiger partial charge in [0.15, 0.2) is 0 Å². The lowest BCUT2D eigenvalue weighted by atomic mass is 9.95. The molecule has 7 heteroatoms. The van der Waals surface area contributed by atoms with Crippen molar-refractivity contribution in [3.05, 3.63) is 0 Å². The average Bonchev–Trinajstić information content (AvgIpc) is 2.92. The molecular weight excluding hydrogens is 278 g/mol. The van der Waals surface area contributed by atoms with Gasteiger partial charge < -0.3 is 10.1 Å². The van der Waals surface area contributed by atoms with Crippen LogP contribution in [0.15, 0.2) is 0 Å². The molecule has 0 spiro atoms. The first-order chi connectivity index (χ1) is 9.39. The zero-order chi connectivity index (χ0) is 14.5. The number of fused-ring (bicyclic) bond motifs is 1. The van der Waals surface area contributed by atoms with Crippen molar-refractivity contribution in [2.45, 2.75) is 39.0 Å². The van der Waals surface area contributed by atoms with Crippen molar-refractivity contribution in [2.24, 2.45) is 11.8 Å². The van der Waals surface area contributed by atoms with Crippen molar-refractivity contribution < 1.29 is 13.2 Å². The summed E-state index contributed by atoms with van der Waals surface area (Å²) in [5.74, 6) is 0.927. The fourth-order valence-corrected chi connectivity index (χ4v) is 5.95. The molecule has 0 aromatic heterocycles. The van der Waals surface area contributed by atoms with E-state index < -0.39 is 10.2 Å². The molecule has 20 heavy (non-hydrogen) atoms. The predicted molar refractivity (Wildman–Crippen MR) is 76.5 cm³/mol. The van der Waals surface area contributed by atoms with Crippen molar-refractivity contribution in [3.63, 3.8) is 0 Å². The zero-order valence-electron chi connectivity index (χ0n) is 12.4. The minimum absolute atomic E-state index is 0.0346. The van der Waals surface area contributed by atoms with Gasteiger partial charge in [0.05, 0.1) is 12.2 Å². The highest BCUT2D eigenvalue weighted by atomic mass is 32.2. The van der Waals surface area contributed by atoms with Gasteiger partial charge in [-0.25, -0.2) is 0 Å². The van der Waals surface area contributed by atoms with Gasteiger partial charge in [-0.3, -0.25) is 0 Å². The molecule has 3 heterocycles. The Bertz CT molecular complexity index is 459. The van der Waals surface area contributed by atoms with Gasteiger partial charge in [0.25, 0.3) is 10.2 Å². The van der Waals surface area contributed by atoms with Crippen LogP contribution in [0.2, 0.25) is 0 Å². The summed E-state index contributed by atoms with van der Waals surface area (Å²) in [6, 6.07) is 0.0912. The molecule has 5 unspecified atom stereocenters. The lowest BCUT2D eigenvalue weighted by molar-refractivity contribution is -0.0455. The van der Waals surface area contributed by atoms with E-state index in [1.54, 1.807) is 8.61 Å². The van der Waals surface area contributed by atoms with Gasteiger partial charge >= 0.3 is 0 Å². The summed E-state index contributed by atoms with van der Waals surface area (Å²) in [6.45, 7) is 9.37. The van der Waals surface area contributed by atoms with Crippen LogP contribution in [0.4, 0.5) is 0 Å². The van der Waals surface area contributed by atoms with E-state index in [1.165, 1.54) is 0 Å². The van der Waals surface area contributed by atoms with E-state index in [-0.39, 0.29) is 18.2 Å². The van der Waals surface area contributed by atoms with E-state index in [0.29, 0.717) is 31.5 Å². The third-order valence-corrected chi connectivity index (χ3v) is 6.91. The molecule has 5 atom stereocenters.